The number of carboxylic acid groups (broad SMARTS) is 1. The van der Waals surface area contributed by atoms with Crippen molar-refractivity contribution in [3.63, 3.8) is 0 Å². The van der Waals surface area contributed by atoms with Crippen molar-refractivity contribution in [1.82, 2.24) is 9.80 Å². The first-order chi connectivity index (χ1) is 17.2. The molecule has 0 heterocycles. The molecular formula is C24H32N2O10. The van der Waals surface area contributed by atoms with Gasteiger partial charge in [0, 0.05) is 35.3 Å². The van der Waals surface area contributed by atoms with Gasteiger partial charge in [-0.15, -0.1) is 0 Å². The van der Waals surface area contributed by atoms with Crippen LogP contribution in [0.2, 0.25) is 0 Å². The van der Waals surface area contributed by atoms with E-state index >= 15 is 0 Å². The van der Waals surface area contributed by atoms with Gasteiger partial charge >= 0.3 is 12.1 Å². The van der Waals surface area contributed by atoms with Crippen molar-refractivity contribution in [3.05, 3.63) is 58.7 Å². The van der Waals surface area contributed by atoms with Gasteiger partial charge in [-0.1, -0.05) is 36.4 Å². The fourth-order valence-electron chi connectivity index (χ4n) is 3.90. The fraction of sp³-hybridized carbons (Fsp3) is 0.417. The van der Waals surface area contributed by atoms with Crippen LogP contribution in [0.4, 0.5) is 0 Å². The molecule has 36 heavy (non-hydrogen) atoms. The van der Waals surface area contributed by atoms with Crippen molar-refractivity contribution < 1.29 is 50.1 Å². The topological polar surface area (TPSA) is 199 Å². The molecule has 0 bridgehead atoms. The van der Waals surface area contributed by atoms with Crippen LogP contribution in [-0.4, -0.2) is 96.6 Å². The minimum Gasteiger partial charge on any atom is -0.507 e. The van der Waals surface area contributed by atoms with E-state index in [1.165, 1.54) is 4.90 Å². The third-order valence-corrected chi connectivity index (χ3v) is 5.73. The molecule has 0 aliphatic rings. The number of rotatable bonds is 13. The maximum atomic E-state index is 11.6. The number of hydrogen-bond acceptors (Lipinski definition) is 11. The highest BCUT2D eigenvalue weighted by atomic mass is 16.4. The number of benzene rings is 2. The van der Waals surface area contributed by atoms with Crippen LogP contribution < -0.4 is 0 Å². The zero-order chi connectivity index (χ0) is 27.3. The average molecular weight is 509 g/mol. The number of carbonyl (C=O) groups excluding carboxylic acids is 2. The van der Waals surface area contributed by atoms with E-state index in [2.05, 4.69) is 0 Å². The Balaban J connectivity index is 0.00000205. The van der Waals surface area contributed by atoms with Crippen LogP contribution in [0.5, 0.6) is 11.5 Å². The summed E-state index contributed by atoms with van der Waals surface area (Å²) in [6.45, 7) is -1.98. The number of aliphatic carboxylic acids is 1. The van der Waals surface area contributed by atoms with Gasteiger partial charge in [0.2, 0.25) is 0 Å². The molecular weight excluding hydrogens is 476 g/mol. The molecule has 0 saturated carbocycles. The maximum Gasteiger partial charge on any atom is 0.373 e. The highest BCUT2D eigenvalue weighted by molar-refractivity contribution is 5.69. The van der Waals surface area contributed by atoms with Crippen LogP contribution in [0.25, 0.3) is 0 Å². The van der Waals surface area contributed by atoms with Gasteiger partial charge in [0.25, 0.3) is 0 Å². The molecule has 2 unspecified atom stereocenters. The Kier molecular flexibility index (Phi) is 13.3. The summed E-state index contributed by atoms with van der Waals surface area (Å²) in [5, 5.41) is 69.2. The lowest BCUT2D eigenvalue weighted by Gasteiger charge is -2.39. The summed E-state index contributed by atoms with van der Waals surface area (Å²) in [5.74, 6) is -1.39. The Morgan fingerprint density at radius 1 is 0.806 bits per heavy atom. The lowest BCUT2D eigenvalue weighted by atomic mass is 10.0. The van der Waals surface area contributed by atoms with Gasteiger partial charge in [0.05, 0.1) is 45.1 Å². The first kappa shape index (κ1) is 30.7. The minimum absolute atomic E-state index is 0.0488. The molecule has 0 spiro atoms. The van der Waals surface area contributed by atoms with Gasteiger partial charge in [-0.3, -0.25) is 14.6 Å². The van der Waals surface area contributed by atoms with E-state index in [9.17, 15) is 40.5 Å². The molecule has 0 saturated heterocycles. The Hall–Kier alpha value is -3.35. The normalized spacial score (nSPS) is 12.5. The van der Waals surface area contributed by atoms with E-state index in [4.69, 9.17) is 9.59 Å². The Bertz CT molecular complexity index is 1010. The van der Waals surface area contributed by atoms with Crippen molar-refractivity contribution in [3.8, 4) is 11.5 Å². The third-order valence-electron chi connectivity index (χ3n) is 5.73. The number of phenols is 2. The highest BCUT2D eigenvalue weighted by Crippen LogP contribution is 2.27. The predicted molar refractivity (Wildman–Crippen MR) is 124 cm³/mol. The lowest BCUT2D eigenvalue weighted by Crippen LogP contribution is -2.55. The van der Waals surface area contributed by atoms with Gasteiger partial charge in [-0.05, 0) is 7.05 Å². The first-order valence-corrected chi connectivity index (χ1v) is 10.9. The zero-order valence-electron chi connectivity index (χ0n) is 19.8. The number of carbonyl (C=O) groups is 1. The molecule has 0 fully saturated rings. The van der Waals surface area contributed by atoms with Crippen LogP contribution in [0.1, 0.15) is 22.3 Å². The summed E-state index contributed by atoms with van der Waals surface area (Å²) in [7, 11) is 1.66. The van der Waals surface area contributed by atoms with Crippen molar-refractivity contribution in [2.24, 2.45) is 0 Å². The molecule has 0 aliphatic carbocycles. The van der Waals surface area contributed by atoms with Crippen molar-refractivity contribution in [2.75, 3.05) is 26.8 Å². The zero-order valence-corrected chi connectivity index (χ0v) is 19.8. The van der Waals surface area contributed by atoms with E-state index in [0.29, 0.717) is 22.3 Å². The second-order valence-corrected chi connectivity index (χ2v) is 7.96. The Morgan fingerprint density at radius 2 is 1.22 bits per heavy atom. The molecule has 0 radical (unpaired) electrons. The standard InChI is InChI=1S/C23H32N2O8.CO2/c1-24(8-15-4-2-6-17(11-26)22(15)32)19(13-28)20(14-29)25(10-21(30)31)9-16-5-3-7-18(12-27)23(16)33;2-1-3/h2-7,19-20,26-29,32-33H,8-14H2,1H3,(H,30,31);. The van der Waals surface area contributed by atoms with Crippen LogP contribution in [-0.2, 0) is 40.7 Å². The van der Waals surface area contributed by atoms with Crippen molar-refractivity contribution >= 4 is 12.1 Å². The highest BCUT2D eigenvalue weighted by Gasteiger charge is 2.32. The summed E-state index contributed by atoms with van der Waals surface area (Å²) >= 11 is 0. The number of carboxylic acids is 1. The number of aliphatic hydroxyl groups is 4. The van der Waals surface area contributed by atoms with E-state index < -0.39 is 37.8 Å². The largest absolute Gasteiger partial charge is 0.507 e. The number of nitrogens with zero attached hydrogens (tertiary/aromatic N) is 2. The third kappa shape index (κ3) is 8.40. The van der Waals surface area contributed by atoms with E-state index in [-0.39, 0.29) is 44.0 Å². The molecule has 2 aromatic carbocycles. The molecule has 0 aromatic heterocycles. The van der Waals surface area contributed by atoms with E-state index in [0.717, 1.165) is 0 Å². The van der Waals surface area contributed by atoms with Crippen molar-refractivity contribution in [2.45, 2.75) is 38.4 Å². The molecule has 12 nitrogen and oxygen atoms in total. The van der Waals surface area contributed by atoms with Gasteiger partial charge in [0.1, 0.15) is 11.5 Å². The Labute approximate surface area is 207 Å². The summed E-state index contributed by atoms with van der Waals surface area (Å²) in [4.78, 5) is 30.9. The molecule has 0 amide bonds. The van der Waals surface area contributed by atoms with Gasteiger partial charge in [-0.25, -0.2) is 0 Å². The van der Waals surface area contributed by atoms with Crippen LogP contribution in [0.3, 0.4) is 0 Å². The Morgan fingerprint density at radius 3 is 1.61 bits per heavy atom. The number of hydrogen-bond donors (Lipinski definition) is 7. The number of likely N-dealkylation sites (N-methyl/N-ethyl adjacent to an activating group) is 1. The second-order valence-electron chi connectivity index (χ2n) is 7.96. The summed E-state index contributed by atoms with van der Waals surface area (Å²) in [6.07, 6.45) is 0.250. The molecule has 2 aromatic rings. The molecule has 7 N–H and O–H groups in total. The minimum atomic E-state index is -1.15. The van der Waals surface area contributed by atoms with Gasteiger partial charge < -0.3 is 35.7 Å². The van der Waals surface area contributed by atoms with Crippen LogP contribution in [0.15, 0.2) is 36.4 Å². The summed E-state index contributed by atoms with van der Waals surface area (Å²) in [5.41, 5.74) is 1.51. The van der Waals surface area contributed by atoms with Gasteiger partial charge in [0.15, 0.2) is 0 Å². The summed E-state index contributed by atoms with van der Waals surface area (Å²) in [6, 6.07) is 8.13. The summed E-state index contributed by atoms with van der Waals surface area (Å²) < 4.78 is 0. The smallest absolute Gasteiger partial charge is 0.373 e. The van der Waals surface area contributed by atoms with Crippen LogP contribution in [0, 0.1) is 0 Å². The first-order valence-electron chi connectivity index (χ1n) is 10.9. The maximum absolute atomic E-state index is 11.6. The number of aromatic hydroxyl groups is 2. The van der Waals surface area contributed by atoms with Crippen molar-refractivity contribution in [1.29, 1.82) is 0 Å². The second kappa shape index (κ2) is 15.6. The fourth-order valence-corrected chi connectivity index (χ4v) is 3.90. The molecule has 12 heteroatoms. The SMILES string of the molecule is CN(Cc1cccc(CO)c1O)C(CO)C(CO)N(CC(=O)O)Cc1cccc(CO)c1O.O=C=O. The molecule has 198 valence electrons. The quantitative estimate of drug-likeness (QED) is 0.179. The number of para-hydroxylation sites is 2. The van der Waals surface area contributed by atoms with Crippen LogP contribution >= 0.6 is 0 Å². The lowest BCUT2D eigenvalue weighted by molar-refractivity contribution is -0.191. The average Bonchev–Trinajstić information content (AvgIpc) is 2.84. The van der Waals surface area contributed by atoms with E-state index in [1.807, 2.05) is 0 Å². The van der Waals surface area contributed by atoms with Gasteiger partial charge in [-0.2, -0.15) is 9.59 Å². The number of aliphatic hydroxyl groups excluding tert-OH is 4. The predicted octanol–water partition coefficient (Wildman–Crippen LogP) is -0.761. The monoisotopic (exact) mass is 508 g/mol. The van der Waals surface area contributed by atoms with E-state index in [1.54, 1.807) is 48.3 Å². The molecule has 0 aliphatic heterocycles. The molecule has 2 rings (SSSR count). The molecule has 2 atom stereocenters.